The molecular weight excluding hydrogens is 523 g/mol. The van der Waals surface area contributed by atoms with Gasteiger partial charge in [-0.2, -0.15) is 0 Å². The van der Waals surface area contributed by atoms with Gasteiger partial charge < -0.3 is 19.7 Å². The second-order valence-corrected chi connectivity index (χ2v) is 12.1. The van der Waals surface area contributed by atoms with Gasteiger partial charge in [-0.3, -0.25) is 9.69 Å². The molecule has 1 saturated heterocycles. The van der Waals surface area contributed by atoms with Gasteiger partial charge in [0.15, 0.2) is 0 Å². The molecule has 0 amide bonds. The Morgan fingerprint density at radius 3 is 2.63 bits per heavy atom. The molecule has 0 spiro atoms. The molecule has 0 radical (unpaired) electrons. The first-order valence-corrected chi connectivity index (χ1v) is 14.3. The van der Waals surface area contributed by atoms with Gasteiger partial charge in [0, 0.05) is 18.2 Å². The second-order valence-electron chi connectivity index (χ2n) is 12.1. The molecule has 3 aromatic rings. The number of likely N-dealkylation sites (tertiary alicyclic amines) is 1. The Kier molecular flexibility index (Phi) is 8.34. The number of aliphatic carboxylic acids is 1. The zero-order valence-corrected chi connectivity index (χ0v) is 24.2. The van der Waals surface area contributed by atoms with E-state index in [0.717, 1.165) is 61.0 Å². The standard InChI is InChI=1S/C33H39FN2O5/c1-20(32(38)39)31(37)23-6-5-21-8-10-28(41-29(21)16-23)22-7-9-25(26-17-30(40-4)35-18-27(26)34)24(15-22)19-36-13-11-33(2,3)12-14-36/h5-7,9,15-18,20,28,31,37H,8,10-14,19H2,1-4H3,(H,38,39)/t20-,28+,31+/m0/s1. The highest BCUT2D eigenvalue weighted by Gasteiger charge is 2.29. The Labute approximate surface area is 240 Å². The second kappa shape index (κ2) is 11.8. The number of aromatic nitrogens is 1. The fourth-order valence-corrected chi connectivity index (χ4v) is 5.73. The third-order valence-electron chi connectivity index (χ3n) is 8.68. The summed E-state index contributed by atoms with van der Waals surface area (Å²) in [5.74, 6) is -1.37. The smallest absolute Gasteiger partial charge is 0.309 e. The number of aryl methyl sites for hydroxylation is 1. The number of ether oxygens (including phenoxy) is 2. The number of aliphatic hydroxyl groups is 1. The van der Waals surface area contributed by atoms with Crippen LogP contribution in [-0.2, 0) is 17.8 Å². The third-order valence-corrected chi connectivity index (χ3v) is 8.68. The van der Waals surface area contributed by atoms with Crippen molar-refractivity contribution in [1.29, 1.82) is 0 Å². The summed E-state index contributed by atoms with van der Waals surface area (Å²) < 4.78 is 26.8. The number of fused-ring (bicyclic) bond motifs is 1. The summed E-state index contributed by atoms with van der Waals surface area (Å²) in [7, 11) is 1.52. The SMILES string of the molecule is COc1cc(-c2ccc([C@H]3CCc4ccc([C@H](O)[C@H](C)C(=O)O)cc4O3)cc2CN2CCC(C)(C)CC2)c(F)cn1. The number of methoxy groups -OCH3 is 1. The van der Waals surface area contributed by atoms with Crippen molar-refractivity contribution in [3.05, 3.63) is 76.7 Å². The number of rotatable bonds is 8. The number of carbonyl (C=O) groups is 1. The van der Waals surface area contributed by atoms with E-state index < -0.39 is 23.8 Å². The average Bonchev–Trinajstić information content (AvgIpc) is 2.97. The number of halogens is 1. The molecule has 0 bridgehead atoms. The predicted molar refractivity (Wildman–Crippen MR) is 154 cm³/mol. The highest BCUT2D eigenvalue weighted by Crippen LogP contribution is 2.40. The molecule has 8 heteroatoms. The Morgan fingerprint density at radius 2 is 1.93 bits per heavy atom. The number of benzene rings is 2. The Hall–Kier alpha value is -3.49. The molecule has 2 aliphatic heterocycles. The summed E-state index contributed by atoms with van der Waals surface area (Å²) in [6.45, 7) is 8.75. The molecule has 2 aliphatic rings. The van der Waals surface area contributed by atoms with Crippen molar-refractivity contribution in [2.75, 3.05) is 20.2 Å². The summed E-state index contributed by atoms with van der Waals surface area (Å²) in [4.78, 5) is 17.9. The van der Waals surface area contributed by atoms with E-state index >= 15 is 4.39 Å². The lowest BCUT2D eigenvalue weighted by Crippen LogP contribution is -2.36. The number of nitrogens with zero attached hydrogens (tertiary/aromatic N) is 2. The Morgan fingerprint density at radius 1 is 1.17 bits per heavy atom. The summed E-state index contributed by atoms with van der Waals surface area (Å²) in [5, 5.41) is 19.9. The number of piperidine rings is 1. The van der Waals surface area contributed by atoms with Crippen molar-refractivity contribution in [3.8, 4) is 22.8 Å². The first-order chi connectivity index (χ1) is 19.5. The summed E-state index contributed by atoms with van der Waals surface area (Å²) in [6.07, 6.45) is 3.63. The maximum absolute atomic E-state index is 15.1. The highest BCUT2D eigenvalue weighted by atomic mass is 19.1. The van der Waals surface area contributed by atoms with Gasteiger partial charge in [-0.05, 0) is 85.0 Å². The molecule has 41 heavy (non-hydrogen) atoms. The van der Waals surface area contributed by atoms with E-state index in [1.165, 1.54) is 20.2 Å². The van der Waals surface area contributed by atoms with E-state index in [9.17, 15) is 15.0 Å². The van der Waals surface area contributed by atoms with Gasteiger partial charge in [-0.25, -0.2) is 9.37 Å². The lowest BCUT2D eigenvalue weighted by Gasteiger charge is -2.37. The van der Waals surface area contributed by atoms with Crippen molar-refractivity contribution in [3.63, 3.8) is 0 Å². The zero-order chi connectivity index (χ0) is 29.3. The van der Waals surface area contributed by atoms with Crippen LogP contribution in [0, 0.1) is 17.2 Å². The lowest BCUT2D eigenvalue weighted by atomic mass is 9.82. The van der Waals surface area contributed by atoms with Gasteiger partial charge in [0.05, 0.1) is 25.3 Å². The van der Waals surface area contributed by atoms with Crippen molar-refractivity contribution >= 4 is 5.97 Å². The molecule has 7 nitrogen and oxygen atoms in total. The van der Waals surface area contributed by atoms with Gasteiger partial charge >= 0.3 is 5.97 Å². The molecule has 1 aromatic heterocycles. The molecule has 0 saturated carbocycles. The van der Waals surface area contributed by atoms with E-state index in [2.05, 4.69) is 29.8 Å². The maximum Gasteiger partial charge on any atom is 0.309 e. The van der Waals surface area contributed by atoms with Gasteiger partial charge in [0.25, 0.3) is 0 Å². The predicted octanol–water partition coefficient (Wildman–Crippen LogP) is 6.34. The maximum atomic E-state index is 15.1. The van der Waals surface area contributed by atoms with Gasteiger partial charge in [-0.1, -0.05) is 44.2 Å². The minimum absolute atomic E-state index is 0.225. The Bertz CT molecular complexity index is 1410. The van der Waals surface area contributed by atoms with E-state index in [4.69, 9.17) is 9.47 Å². The number of carboxylic acid groups (broad SMARTS) is 1. The van der Waals surface area contributed by atoms with Gasteiger partial charge in [0.1, 0.15) is 17.7 Å². The molecular formula is C33H39FN2O5. The summed E-state index contributed by atoms with van der Waals surface area (Å²) >= 11 is 0. The quantitative estimate of drug-likeness (QED) is 0.331. The number of aliphatic hydroxyl groups excluding tert-OH is 1. The molecule has 3 heterocycles. The number of pyridine rings is 1. The van der Waals surface area contributed by atoms with Crippen LogP contribution in [0.5, 0.6) is 11.6 Å². The lowest BCUT2D eigenvalue weighted by molar-refractivity contribution is -0.145. The first-order valence-electron chi connectivity index (χ1n) is 14.3. The molecule has 1 fully saturated rings. The average molecular weight is 563 g/mol. The van der Waals surface area contributed by atoms with Crippen molar-refractivity contribution in [1.82, 2.24) is 9.88 Å². The minimum Gasteiger partial charge on any atom is -0.485 e. The van der Waals surface area contributed by atoms with E-state index in [1.807, 2.05) is 18.2 Å². The fourth-order valence-electron chi connectivity index (χ4n) is 5.73. The van der Waals surface area contributed by atoms with Crippen LogP contribution in [0.25, 0.3) is 11.1 Å². The fraction of sp³-hybridized carbons (Fsp3) is 0.455. The third kappa shape index (κ3) is 6.39. The number of hydrogen-bond acceptors (Lipinski definition) is 6. The molecule has 2 N–H and O–H groups in total. The van der Waals surface area contributed by atoms with E-state index in [1.54, 1.807) is 18.2 Å². The van der Waals surface area contributed by atoms with Crippen molar-refractivity contribution < 1.29 is 28.9 Å². The van der Waals surface area contributed by atoms with Crippen LogP contribution in [-0.4, -0.2) is 46.3 Å². The van der Waals surface area contributed by atoms with Crippen molar-refractivity contribution in [2.24, 2.45) is 11.3 Å². The van der Waals surface area contributed by atoms with E-state index in [-0.39, 0.29) is 6.10 Å². The zero-order valence-electron chi connectivity index (χ0n) is 24.2. The molecule has 0 aliphatic carbocycles. The van der Waals surface area contributed by atoms with Crippen LogP contribution in [0.4, 0.5) is 4.39 Å². The molecule has 2 aromatic carbocycles. The minimum atomic E-state index is -1.13. The monoisotopic (exact) mass is 562 g/mol. The molecule has 218 valence electrons. The van der Waals surface area contributed by atoms with Crippen LogP contribution < -0.4 is 9.47 Å². The van der Waals surface area contributed by atoms with Gasteiger partial charge in [0.2, 0.25) is 5.88 Å². The van der Waals surface area contributed by atoms with Gasteiger partial charge in [-0.15, -0.1) is 0 Å². The molecule has 3 atom stereocenters. The Balaban J connectivity index is 1.46. The summed E-state index contributed by atoms with van der Waals surface area (Å²) in [6, 6.07) is 13.2. The van der Waals surface area contributed by atoms with Crippen LogP contribution in [0.2, 0.25) is 0 Å². The van der Waals surface area contributed by atoms with Crippen LogP contribution >= 0.6 is 0 Å². The van der Waals surface area contributed by atoms with E-state index in [0.29, 0.717) is 34.7 Å². The number of hydrogen-bond donors (Lipinski definition) is 2. The first kappa shape index (κ1) is 29.0. The van der Waals surface area contributed by atoms with Crippen LogP contribution in [0.3, 0.4) is 0 Å². The van der Waals surface area contributed by atoms with Crippen LogP contribution in [0.15, 0.2) is 48.7 Å². The summed E-state index contributed by atoms with van der Waals surface area (Å²) in [5.41, 5.74) is 5.15. The number of carboxylic acids is 1. The van der Waals surface area contributed by atoms with Crippen molar-refractivity contribution in [2.45, 2.75) is 65.2 Å². The normalized spacial score (nSPS) is 20.0. The largest absolute Gasteiger partial charge is 0.485 e. The molecule has 5 rings (SSSR count). The highest BCUT2D eigenvalue weighted by molar-refractivity contribution is 5.71. The van der Waals surface area contributed by atoms with Crippen LogP contribution in [0.1, 0.15) is 74.5 Å². The topological polar surface area (TPSA) is 92.1 Å². The molecule has 0 unspecified atom stereocenters.